The molecule has 0 amide bonds. The summed E-state index contributed by atoms with van der Waals surface area (Å²) in [6.07, 6.45) is 68.5. The van der Waals surface area contributed by atoms with E-state index in [9.17, 15) is 28.9 Å². The van der Waals surface area contributed by atoms with Crippen molar-refractivity contribution in [1.82, 2.24) is 0 Å². The number of aliphatic hydroxyl groups is 1. The molecule has 0 saturated carbocycles. The van der Waals surface area contributed by atoms with Crippen LogP contribution in [0.4, 0.5) is 0 Å². The Morgan fingerprint density at radius 2 is 0.662 bits per heavy atom. The third kappa shape index (κ3) is 52.5. The van der Waals surface area contributed by atoms with Crippen molar-refractivity contribution in [3.05, 3.63) is 134 Å². The number of hydrogen-bond donors (Lipinski definition) is 2. The number of carbonyl (C=O) groups excluding carboxylic acids is 3. The first-order chi connectivity index (χ1) is 36.2. The van der Waals surface area contributed by atoms with Crippen LogP contribution in [0.3, 0.4) is 0 Å². The van der Waals surface area contributed by atoms with E-state index in [-0.39, 0.29) is 25.9 Å². The number of rotatable bonds is 50. The normalized spacial score (nSPS) is 14.4. The summed E-state index contributed by atoms with van der Waals surface area (Å²) in [5, 5.41) is 9.80. The van der Waals surface area contributed by atoms with Gasteiger partial charge in [0, 0.05) is 19.3 Å². The molecule has 0 radical (unpaired) electrons. The van der Waals surface area contributed by atoms with Gasteiger partial charge >= 0.3 is 25.7 Å². The summed E-state index contributed by atoms with van der Waals surface area (Å²) in [5.41, 5.74) is 0. The average Bonchev–Trinajstić information content (AvgIpc) is 3.39. The van der Waals surface area contributed by atoms with E-state index >= 15 is 0 Å². The predicted octanol–water partition coefficient (Wildman–Crippen LogP) is 16.6. The molecule has 0 aromatic rings. The highest BCUT2D eigenvalue weighted by molar-refractivity contribution is 7.47. The Kier molecular flexibility index (Phi) is 51.6. The molecule has 74 heavy (non-hydrogen) atoms. The summed E-state index contributed by atoms with van der Waals surface area (Å²) in [6.45, 7) is 4.17. The van der Waals surface area contributed by atoms with Gasteiger partial charge < -0.3 is 24.2 Å². The Hall–Kier alpha value is -4.38. The molecule has 2 N–H and O–H groups in total. The monoisotopic (exact) mass is 1050 g/mol. The molecule has 0 bridgehead atoms. The van der Waals surface area contributed by atoms with Crippen LogP contribution < -0.4 is 0 Å². The Balaban J connectivity index is 4.86. The summed E-state index contributed by atoms with van der Waals surface area (Å²) in [7, 11) is -4.78. The fourth-order valence-electron chi connectivity index (χ4n) is 6.88. The zero-order valence-corrected chi connectivity index (χ0v) is 46.9. The molecule has 0 heterocycles. The van der Waals surface area contributed by atoms with Crippen LogP contribution in [-0.4, -0.2) is 66.5 Å². The lowest BCUT2D eigenvalue weighted by atomic mass is 10.1. The molecule has 12 heteroatoms. The van der Waals surface area contributed by atoms with Gasteiger partial charge in [0.25, 0.3) is 0 Å². The summed E-state index contributed by atoms with van der Waals surface area (Å²) in [5.74, 6) is -1.59. The smallest absolute Gasteiger partial charge is 0.462 e. The molecule has 0 aromatic carbocycles. The van der Waals surface area contributed by atoms with Crippen LogP contribution in [0.5, 0.6) is 0 Å². The van der Waals surface area contributed by atoms with Crippen molar-refractivity contribution in [3.63, 3.8) is 0 Å². The first-order valence-electron chi connectivity index (χ1n) is 28.1. The lowest BCUT2D eigenvalue weighted by Crippen LogP contribution is -2.30. The second-order valence-electron chi connectivity index (χ2n) is 18.0. The number of allylic oxidation sites excluding steroid dienone is 22. The lowest BCUT2D eigenvalue weighted by Gasteiger charge is -2.21. The molecular formula is C62H99O11P. The molecule has 3 unspecified atom stereocenters. The lowest BCUT2D eigenvalue weighted by molar-refractivity contribution is -0.161. The van der Waals surface area contributed by atoms with Gasteiger partial charge in [-0.2, -0.15) is 0 Å². The molecule has 0 aliphatic carbocycles. The molecule has 3 atom stereocenters. The molecule has 0 saturated heterocycles. The van der Waals surface area contributed by atoms with E-state index in [1.807, 2.05) is 0 Å². The van der Waals surface area contributed by atoms with E-state index in [1.165, 1.54) is 12.8 Å². The van der Waals surface area contributed by atoms with E-state index in [0.29, 0.717) is 19.3 Å². The van der Waals surface area contributed by atoms with Gasteiger partial charge in [0.15, 0.2) is 6.10 Å². The number of phosphoric ester groups is 1. The summed E-state index contributed by atoms with van der Waals surface area (Å²) in [6, 6.07) is 0. The van der Waals surface area contributed by atoms with Crippen molar-refractivity contribution in [2.75, 3.05) is 26.4 Å². The Bertz CT molecular complexity index is 1750. The van der Waals surface area contributed by atoms with Crippen molar-refractivity contribution in [1.29, 1.82) is 0 Å². The Labute approximate surface area is 449 Å². The summed E-state index contributed by atoms with van der Waals surface area (Å²) < 4.78 is 39.4. The van der Waals surface area contributed by atoms with Crippen LogP contribution in [0.1, 0.15) is 201 Å². The maximum atomic E-state index is 12.9. The molecule has 0 rings (SSSR count). The predicted molar refractivity (Wildman–Crippen MR) is 306 cm³/mol. The molecule has 11 nitrogen and oxygen atoms in total. The van der Waals surface area contributed by atoms with Crippen molar-refractivity contribution in [2.24, 2.45) is 0 Å². The fraction of sp³-hybridized carbons (Fsp3) is 0.597. The Morgan fingerprint density at radius 3 is 1.04 bits per heavy atom. The van der Waals surface area contributed by atoms with E-state index < -0.39 is 57.8 Å². The molecule has 0 aliphatic rings. The standard InChI is InChI=1S/C62H99O11P/c1-4-7-10-13-16-19-22-25-28-29-32-33-36-39-42-45-48-51-60(64)69-55-59(73-62(66)53-50-47-44-41-38-35-31-27-24-21-18-15-12-9-6-3)57-71-74(67,68)70-56-58(54-63)72-61(65)52-49-46-43-40-37-34-30-26-23-20-17-14-11-8-5-2/h7-12,16-21,25-28,30-31,37-38,40-41,58-59,63H,4-6,13-15,22-24,29,32-36,39,42-57H2,1-3H3,(H,67,68)/b10-7-,11-8-,12-9-,19-16-,20-17-,21-18-,28-25-,30-26-,31-27-,40-37-,41-38-. The number of carbonyl (C=O) groups is 3. The maximum absolute atomic E-state index is 12.9. The molecule has 0 fully saturated rings. The van der Waals surface area contributed by atoms with Crippen LogP contribution in [0, 0.1) is 0 Å². The van der Waals surface area contributed by atoms with Crippen LogP contribution >= 0.6 is 7.82 Å². The largest absolute Gasteiger partial charge is 0.472 e. The second kappa shape index (κ2) is 54.9. The SMILES string of the molecule is CC/C=C\C/C=C\C/C=C\C/C=C\CCCCC(=O)OC(CO)COP(=O)(O)OCC(COC(=O)CCCCCCCCC/C=C\C/C=C\C/C=C\CC)OC(=O)CCCC/C=C\C/C=C\C/C=C\C/C=C\CC. The minimum atomic E-state index is -4.78. The van der Waals surface area contributed by atoms with Gasteiger partial charge in [-0.15, -0.1) is 0 Å². The van der Waals surface area contributed by atoms with E-state index in [4.69, 9.17) is 23.3 Å². The van der Waals surface area contributed by atoms with Crippen molar-refractivity contribution < 1.29 is 52.2 Å². The van der Waals surface area contributed by atoms with Crippen LogP contribution in [0.15, 0.2) is 134 Å². The van der Waals surface area contributed by atoms with E-state index in [2.05, 4.69) is 154 Å². The minimum absolute atomic E-state index is 0.102. The molecular weight excluding hydrogens is 952 g/mol. The highest BCUT2D eigenvalue weighted by Crippen LogP contribution is 2.43. The number of phosphoric acid groups is 1. The van der Waals surface area contributed by atoms with Gasteiger partial charge in [0.1, 0.15) is 12.7 Å². The first-order valence-corrected chi connectivity index (χ1v) is 29.6. The first kappa shape index (κ1) is 69.6. The van der Waals surface area contributed by atoms with E-state index in [0.717, 1.165) is 128 Å². The zero-order valence-electron chi connectivity index (χ0n) is 46.0. The summed E-state index contributed by atoms with van der Waals surface area (Å²) >= 11 is 0. The van der Waals surface area contributed by atoms with Gasteiger partial charge in [-0.25, -0.2) is 4.57 Å². The average molecular weight is 1050 g/mol. The number of esters is 3. The van der Waals surface area contributed by atoms with Gasteiger partial charge in [-0.05, 0) is 128 Å². The van der Waals surface area contributed by atoms with Crippen LogP contribution in [0.2, 0.25) is 0 Å². The van der Waals surface area contributed by atoms with Crippen molar-refractivity contribution in [2.45, 2.75) is 213 Å². The number of ether oxygens (including phenoxy) is 3. The van der Waals surface area contributed by atoms with E-state index in [1.54, 1.807) is 0 Å². The zero-order chi connectivity index (χ0) is 54.1. The summed E-state index contributed by atoms with van der Waals surface area (Å²) in [4.78, 5) is 48.5. The highest BCUT2D eigenvalue weighted by atomic mass is 31.2. The molecule has 418 valence electrons. The topological polar surface area (TPSA) is 155 Å². The van der Waals surface area contributed by atoms with Gasteiger partial charge in [0.2, 0.25) is 0 Å². The van der Waals surface area contributed by atoms with Crippen LogP contribution in [-0.2, 0) is 42.2 Å². The van der Waals surface area contributed by atoms with Crippen LogP contribution in [0.25, 0.3) is 0 Å². The fourth-order valence-corrected chi connectivity index (χ4v) is 7.66. The molecule has 0 aromatic heterocycles. The second-order valence-corrected chi connectivity index (χ2v) is 19.4. The third-order valence-corrected chi connectivity index (χ3v) is 12.0. The minimum Gasteiger partial charge on any atom is -0.462 e. The number of aliphatic hydroxyl groups excluding tert-OH is 1. The van der Waals surface area contributed by atoms with Crippen molar-refractivity contribution >= 4 is 25.7 Å². The number of hydrogen-bond acceptors (Lipinski definition) is 10. The number of unbranched alkanes of at least 4 members (excludes halogenated alkanes) is 11. The molecule has 0 spiro atoms. The highest BCUT2D eigenvalue weighted by Gasteiger charge is 2.28. The Morgan fingerprint density at radius 1 is 0.378 bits per heavy atom. The van der Waals surface area contributed by atoms with Gasteiger partial charge in [-0.1, -0.05) is 187 Å². The quantitative estimate of drug-likeness (QED) is 0.0197. The third-order valence-electron chi connectivity index (χ3n) is 11.1. The molecule has 0 aliphatic heterocycles. The van der Waals surface area contributed by atoms with Gasteiger partial charge in [0.05, 0.1) is 19.8 Å². The van der Waals surface area contributed by atoms with Crippen molar-refractivity contribution in [3.8, 4) is 0 Å². The van der Waals surface area contributed by atoms with Gasteiger partial charge in [-0.3, -0.25) is 23.4 Å². The maximum Gasteiger partial charge on any atom is 0.472 e.